The molecule has 0 aliphatic carbocycles. The third-order valence-electron chi connectivity index (χ3n) is 4.98. The number of nitrogens with zero attached hydrogens (tertiary/aromatic N) is 2. The van der Waals surface area contributed by atoms with E-state index in [4.69, 9.17) is 0 Å². The molecule has 3 aromatic rings. The summed E-state index contributed by atoms with van der Waals surface area (Å²) < 4.78 is 2.48. The first-order valence-corrected chi connectivity index (χ1v) is 10.7. The summed E-state index contributed by atoms with van der Waals surface area (Å²) in [6.45, 7) is 3.69. The summed E-state index contributed by atoms with van der Waals surface area (Å²) in [5.74, 6) is -0.417. The van der Waals surface area contributed by atoms with Crippen LogP contribution in [0.4, 0.5) is 5.69 Å². The maximum Gasteiger partial charge on any atom is 0.331 e. The average molecular weight is 437 g/mol. The second-order valence-electron chi connectivity index (χ2n) is 7.94. The molecule has 0 spiro atoms. The lowest BCUT2D eigenvalue weighted by Gasteiger charge is -2.15. The highest BCUT2D eigenvalue weighted by Gasteiger charge is 2.15. The Morgan fingerprint density at radius 1 is 0.875 bits per heavy atom. The van der Waals surface area contributed by atoms with E-state index in [0.29, 0.717) is 23.7 Å². The Balaban J connectivity index is 1.73. The third kappa shape index (κ3) is 5.72. The highest BCUT2D eigenvalue weighted by atomic mass is 16.2. The summed E-state index contributed by atoms with van der Waals surface area (Å²) in [4.78, 5) is 50.4. The number of amides is 2. The van der Waals surface area contributed by atoms with Gasteiger partial charge in [-0.2, -0.15) is 0 Å². The smallest absolute Gasteiger partial charge is 0.331 e. The Bertz CT molecular complexity index is 1210. The summed E-state index contributed by atoms with van der Waals surface area (Å²) in [5, 5.41) is 5.97. The summed E-state index contributed by atoms with van der Waals surface area (Å²) in [7, 11) is 0. The third-order valence-corrected chi connectivity index (χ3v) is 4.98. The normalized spacial score (nSPS) is 11.0. The molecule has 0 aliphatic heterocycles. The van der Waals surface area contributed by atoms with E-state index in [1.54, 1.807) is 24.3 Å². The zero-order chi connectivity index (χ0) is 23.1. The summed E-state index contributed by atoms with van der Waals surface area (Å²) in [6.07, 6.45) is 1.28. The van der Waals surface area contributed by atoms with Crippen molar-refractivity contribution >= 4 is 28.4 Å². The molecule has 0 fully saturated rings. The van der Waals surface area contributed by atoms with Gasteiger partial charge in [0, 0.05) is 24.7 Å². The lowest BCUT2D eigenvalue weighted by Crippen LogP contribution is -2.43. The molecule has 2 amide bonds. The average Bonchev–Trinajstić information content (AvgIpc) is 2.76. The Hall–Kier alpha value is -3.68. The lowest BCUT2D eigenvalue weighted by molar-refractivity contribution is -0.122. The quantitative estimate of drug-likeness (QED) is 0.503. The van der Waals surface area contributed by atoms with Crippen molar-refractivity contribution in [2.75, 3.05) is 5.32 Å². The molecule has 0 unspecified atom stereocenters. The van der Waals surface area contributed by atoms with Crippen molar-refractivity contribution in [3.05, 3.63) is 75.4 Å². The van der Waals surface area contributed by atoms with Crippen LogP contribution in [-0.4, -0.2) is 27.0 Å². The number of para-hydroxylation sites is 2. The zero-order valence-electron chi connectivity index (χ0n) is 18.3. The van der Waals surface area contributed by atoms with Gasteiger partial charge in [0.2, 0.25) is 11.8 Å². The highest BCUT2D eigenvalue weighted by Crippen LogP contribution is 2.09. The van der Waals surface area contributed by atoms with Crippen molar-refractivity contribution in [3.63, 3.8) is 0 Å². The molecule has 0 aliphatic rings. The number of fused-ring (bicyclic) bond motifs is 1. The van der Waals surface area contributed by atoms with Crippen LogP contribution in [0.25, 0.3) is 10.9 Å². The van der Waals surface area contributed by atoms with E-state index in [9.17, 15) is 19.2 Å². The first kappa shape index (κ1) is 23.0. The first-order chi connectivity index (χ1) is 15.4. The predicted molar refractivity (Wildman–Crippen MR) is 125 cm³/mol. The number of carbonyl (C=O) groups is 2. The number of anilines is 1. The van der Waals surface area contributed by atoms with E-state index in [-0.39, 0.29) is 42.9 Å². The van der Waals surface area contributed by atoms with Gasteiger partial charge in [0.05, 0.1) is 10.9 Å². The number of nitrogens with one attached hydrogen (secondary N) is 2. The van der Waals surface area contributed by atoms with Crippen LogP contribution in [0.2, 0.25) is 0 Å². The number of aromatic nitrogens is 2. The maximum atomic E-state index is 13.1. The van der Waals surface area contributed by atoms with Crippen molar-refractivity contribution in [2.24, 2.45) is 0 Å². The Labute approximate surface area is 185 Å². The van der Waals surface area contributed by atoms with Gasteiger partial charge in [0.25, 0.3) is 5.56 Å². The molecule has 168 valence electrons. The summed E-state index contributed by atoms with van der Waals surface area (Å²) in [5.41, 5.74) is 0.243. The highest BCUT2D eigenvalue weighted by molar-refractivity contribution is 5.90. The van der Waals surface area contributed by atoms with Gasteiger partial charge in [-0.25, -0.2) is 4.79 Å². The Morgan fingerprint density at radius 3 is 2.28 bits per heavy atom. The van der Waals surface area contributed by atoms with Gasteiger partial charge >= 0.3 is 5.69 Å². The molecule has 0 saturated heterocycles. The molecule has 8 heteroatoms. The van der Waals surface area contributed by atoms with Crippen molar-refractivity contribution < 1.29 is 9.59 Å². The van der Waals surface area contributed by atoms with Gasteiger partial charge in [-0.3, -0.25) is 23.5 Å². The van der Waals surface area contributed by atoms with E-state index in [2.05, 4.69) is 10.6 Å². The van der Waals surface area contributed by atoms with Gasteiger partial charge in [0.15, 0.2) is 0 Å². The molecule has 8 nitrogen and oxygen atoms in total. The van der Waals surface area contributed by atoms with Crippen LogP contribution in [0.15, 0.2) is 64.2 Å². The number of hydrogen-bond acceptors (Lipinski definition) is 4. The van der Waals surface area contributed by atoms with Crippen molar-refractivity contribution in [2.45, 2.75) is 52.2 Å². The second-order valence-corrected chi connectivity index (χ2v) is 7.94. The molecule has 0 saturated carbocycles. The van der Waals surface area contributed by atoms with Gasteiger partial charge in [-0.15, -0.1) is 0 Å². The molecule has 0 atom stereocenters. The number of rotatable bonds is 9. The van der Waals surface area contributed by atoms with Crippen molar-refractivity contribution in [3.8, 4) is 0 Å². The van der Waals surface area contributed by atoms with Crippen LogP contribution in [0, 0.1) is 0 Å². The molecule has 1 aromatic heterocycles. The molecule has 32 heavy (non-hydrogen) atoms. The van der Waals surface area contributed by atoms with E-state index in [1.807, 2.05) is 44.2 Å². The van der Waals surface area contributed by atoms with Crippen LogP contribution < -0.4 is 21.9 Å². The Morgan fingerprint density at radius 2 is 1.56 bits per heavy atom. The minimum absolute atomic E-state index is 0.0580. The van der Waals surface area contributed by atoms with E-state index >= 15 is 0 Å². The second kappa shape index (κ2) is 10.6. The maximum absolute atomic E-state index is 13.1. The standard InChI is InChI=1S/C24H28N4O4/c1-17(2)25-22(30)16-28-20-13-7-6-12-19(20)23(31)27(24(28)32)15-9-8-14-21(29)26-18-10-4-3-5-11-18/h3-7,10-13,17H,8-9,14-16H2,1-2H3,(H,25,30)(H,26,29). The van der Waals surface area contributed by atoms with Crippen LogP contribution in [0.1, 0.15) is 33.1 Å². The summed E-state index contributed by atoms with van der Waals surface area (Å²) in [6, 6.07) is 15.9. The molecular weight excluding hydrogens is 408 g/mol. The SMILES string of the molecule is CC(C)NC(=O)Cn1c(=O)n(CCCCC(=O)Nc2ccccc2)c(=O)c2ccccc21. The van der Waals surface area contributed by atoms with Gasteiger partial charge in [-0.05, 0) is 51.0 Å². The molecule has 0 bridgehead atoms. The van der Waals surface area contributed by atoms with E-state index < -0.39 is 5.69 Å². The number of hydrogen-bond donors (Lipinski definition) is 2. The lowest BCUT2D eigenvalue weighted by atomic mass is 10.2. The number of benzene rings is 2. The molecule has 2 N–H and O–H groups in total. The molecule has 0 radical (unpaired) electrons. The van der Waals surface area contributed by atoms with Crippen LogP contribution in [0.5, 0.6) is 0 Å². The monoisotopic (exact) mass is 436 g/mol. The van der Waals surface area contributed by atoms with Crippen LogP contribution >= 0.6 is 0 Å². The molecular formula is C24H28N4O4. The fourth-order valence-corrected chi connectivity index (χ4v) is 3.53. The van der Waals surface area contributed by atoms with Gasteiger partial charge in [-0.1, -0.05) is 30.3 Å². The fraction of sp³-hybridized carbons (Fsp3) is 0.333. The van der Waals surface area contributed by atoms with Gasteiger partial charge in [0.1, 0.15) is 6.54 Å². The van der Waals surface area contributed by atoms with E-state index in [0.717, 1.165) is 10.3 Å². The van der Waals surface area contributed by atoms with E-state index in [1.165, 1.54) is 4.57 Å². The molecule has 1 heterocycles. The van der Waals surface area contributed by atoms with Gasteiger partial charge < -0.3 is 10.6 Å². The molecule has 2 aromatic carbocycles. The first-order valence-electron chi connectivity index (χ1n) is 10.7. The topological polar surface area (TPSA) is 102 Å². The zero-order valence-corrected chi connectivity index (χ0v) is 18.3. The van der Waals surface area contributed by atoms with Crippen molar-refractivity contribution in [1.29, 1.82) is 0 Å². The summed E-state index contributed by atoms with van der Waals surface area (Å²) >= 11 is 0. The minimum Gasteiger partial charge on any atom is -0.352 e. The number of unbranched alkanes of at least 4 members (excludes halogenated alkanes) is 1. The number of carbonyl (C=O) groups excluding carboxylic acids is 2. The molecule has 3 rings (SSSR count). The largest absolute Gasteiger partial charge is 0.352 e. The van der Waals surface area contributed by atoms with Crippen LogP contribution in [0.3, 0.4) is 0 Å². The Kier molecular flexibility index (Phi) is 7.59. The van der Waals surface area contributed by atoms with Crippen molar-refractivity contribution in [1.82, 2.24) is 14.5 Å². The predicted octanol–water partition coefficient (Wildman–Crippen LogP) is 2.50. The van der Waals surface area contributed by atoms with Crippen LogP contribution in [-0.2, 0) is 22.7 Å². The minimum atomic E-state index is -0.527. The fourth-order valence-electron chi connectivity index (χ4n) is 3.53.